The van der Waals surface area contributed by atoms with E-state index in [9.17, 15) is 0 Å². The average molecular weight is 670 g/mol. The van der Waals surface area contributed by atoms with Gasteiger partial charge in [-0.15, -0.1) is 0 Å². The first kappa shape index (κ1) is 37.8. The lowest BCUT2D eigenvalue weighted by atomic mass is 9.80. The Morgan fingerprint density at radius 1 is 0.562 bits per heavy atom. The van der Waals surface area contributed by atoms with Gasteiger partial charge in [0.1, 0.15) is 11.7 Å². The normalized spacial score (nSPS) is 12.3. The molecule has 0 radical (unpaired) electrons. The zero-order valence-electron chi connectivity index (χ0n) is 29.4. The van der Waals surface area contributed by atoms with Crippen LogP contribution in [-0.2, 0) is 15.1 Å². The van der Waals surface area contributed by atoms with Gasteiger partial charge < -0.3 is 14.2 Å². The maximum atomic E-state index is 7.06. The van der Waals surface area contributed by atoms with E-state index in [1.165, 1.54) is 108 Å². The van der Waals surface area contributed by atoms with Crippen molar-refractivity contribution in [3.05, 3.63) is 119 Å². The fourth-order valence-electron chi connectivity index (χ4n) is 6.48. The number of benzene rings is 3. The molecule has 4 rings (SSSR count). The molecular formula is C43H59NO3S. The molecule has 0 amide bonds. The molecule has 0 N–H and O–H groups in total. The molecule has 1 aromatic heterocycles. The Bertz CT molecular complexity index is 1200. The fraction of sp³-hybridized carbons (Fsp3) is 0.512. The maximum absolute atomic E-state index is 7.06. The standard InChI is InChI=1S/C43H59NO3S/c1-2-3-4-5-6-7-8-9-10-11-12-13-14-15-16-26-34-45-36-41(47-42-44-33-35-48-42)37-46-43(38-27-20-17-21-28-38,39-29-22-18-23-30-39)40-31-24-19-25-32-40/h17-25,27-33,35,41H,2-16,26,34,36-37H2,1H3. The summed E-state index contributed by atoms with van der Waals surface area (Å²) in [6.45, 7) is 3.82. The Balaban J connectivity index is 1.21. The van der Waals surface area contributed by atoms with Crippen LogP contribution in [0, 0.1) is 0 Å². The van der Waals surface area contributed by atoms with Crippen LogP contribution in [0.4, 0.5) is 0 Å². The molecular weight excluding hydrogens is 611 g/mol. The number of nitrogens with zero attached hydrogens (tertiary/aromatic N) is 1. The zero-order chi connectivity index (χ0) is 33.4. The van der Waals surface area contributed by atoms with E-state index in [4.69, 9.17) is 14.2 Å². The zero-order valence-corrected chi connectivity index (χ0v) is 30.2. The van der Waals surface area contributed by atoms with Crippen LogP contribution < -0.4 is 4.74 Å². The summed E-state index contributed by atoms with van der Waals surface area (Å²) in [5, 5.41) is 2.58. The SMILES string of the molecule is CCCCCCCCCCCCCCCCCCOCC(COC(c1ccccc1)(c1ccccc1)c1ccccc1)Oc1nccs1. The largest absolute Gasteiger partial charge is 0.462 e. The van der Waals surface area contributed by atoms with Crippen LogP contribution in [0.2, 0.25) is 0 Å². The van der Waals surface area contributed by atoms with E-state index < -0.39 is 5.60 Å². The van der Waals surface area contributed by atoms with Gasteiger partial charge in [0.15, 0.2) is 0 Å². The summed E-state index contributed by atoms with van der Waals surface area (Å²) in [4.78, 5) is 4.39. The first-order chi connectivity index (χ1) is 23.8. The molecule has 1 atom stereocenters. The van der Waals surface area contributed by atoms with Gasteiger partial charge >= 0.3 is 0 Å². The maximum Gasteiger partial charge on any atom is 0.273 e. The molecule has 0 aliphatic carbocycles. The van der Waals surface area contributed by atoms with Gasteiger partial charge in [-0.05, 0) is 23.1 Å². The number of thiazole rings is 1. The van der Waals surface area contributed by atoms with Gasteiger partial charge in [-0.1, -0.05) is 206 Å². The molecule has 0 fully saturated rings. The number of aromatic nitrogens is 1. The van der Waals surface area contributed by atoms with Crippen LogP contribution in [-0.4, -0.2) is 30.9 Å². The van der Waals surface area contributed by atoms with Crippen LogP contribution >= 0.6 is 11.3 Å². The van der Waals surface area contributed by atoms with Crippen molar-refractivity contribution in [1.29, 1.82) is 0 Å². The molecule has 0 aliphatic rings. The lowest BCUT2D eigenvalue weighted by Gasteiger charge is -2.37. The Morgan fingerprint density at radius 2 is 1.00 bits per heavy atom. The second-order valence-electron chi connectivity index (χ2n) is 13.0. The van der Waals surface area contributed by atoms with E-state index in [0.29, 0.717) is 18.4 Å². The van der Waals surface area contributed by atoms with Gasteiger partial charge in [0, 0.05) is 18.2 Å². The number of hydrogen-bond donors (Lipinski definition) is 0. The topological polar surface area (TPSA) is 40.6 Å². The summed E-state index contributed by atoms with van der Waals surface area (Å²) in [7, 11) is 0. The van der Waals surface area contributed by atoms with Crippen molar-refractivity contribution in [2.75, 3.05) is 19.8 Å². The van der Waals surface area contributed by atoms with Gasteiger partial charge in [-0.3, -0.25) is 0 Å². The summed E-state index contributed by atoms with van der Waals surface area (Å²) in [5.41, 5.74) is 2.42. The first-order valence-electron chi connectivity index (χ1n) is 18.8. The first-order valence-corrected chi connectivity index (χ1v) is 19.7. The van der Waals surface area contributed by atoms with Gasteiger partial charge in [0.25, 0.3) is 5.19 Å². The molecule has 0 aliphatic heterocycles. The van der Waals surface area contributed by atoms with Crippen molar-refractivity contribution in [2.45, 2.75) is 121 Å². The van der Waals surface area contributed by atoms with Crippen molar-refractivity contribution in [3.8, 4) is 5.19 Å². The van der Waals surface area contributed by atoms with Crippen molar-refractivity contribution in [1.82, 2.24) is 4.98 Å². The minimum atomic E-state index is -0.803. The van der Waals surface area contributed by atoms with Gasteiger partial charge in [-0.2, -0.15) is 0 Å². The molecule has 260 valence electrons. The molecule has 4 nitrogen and oxygen atoms in total. The summed E-state index contributed by atoms with van der Waals surface area (Å²) < 4.78 is 19.6. The highest BCUT2D eigenvalue weighted by atomic mass is 32.1. The predicted molar refractivity (Wildman–Crippen MR) is 202 cm³/mol. The lowest BCUT2D eigenvalue weighted by Crippen LogP contribution is -2.38. The third kappa shape index (κ3) is 13.1. The van der Waals surface area contributed by atoms with Crippen molar-refractivity contribution in [3.63, 3.8) is 0 Å². The summed E-state index contributed by atoms with van der Waals surface area (Å²) in [5.74, 6) is 0. The van der Waals surface area contributed by atoms with E-state index in [-0.39, 0.29) is 6.10 Å². The summed E-state index contributed by atoms with van der Waals surface area (Å²) in [6, 6.07) is 31.4. The van der Waals surface area contributed by atoms with E-state index >= 15 is 0 Å². The third-order valence-corrected chi connectivity index (χ3v) is 9.81. The van der Waals surface area contributed by atoms with Gasteiger partial charge in [0.2, 0.25) is 0 Å². The van der Waals surface area contributed by atoms with Crippen LogP contribution in [0.15, 0.2) is 103 Å². The van der Waals surface area contributed by atoms with E-state index in [0.717, 1.165) is 29.7 Å². The molecule has 0 bridgehead atoms. The quantitative estimate of drug-likeness (QED) is 0.0468. The highest BCUT2D eigenvalue weighted by Gasteiger charge is 2.38. The van der Waals surface area contributed by atoms with E-state index in [2.05, 4.69) is 84.7 Å². The second kappa shape index (κ2) is 23.4. The highest BCUT2D eigenvalue weighted by Crippen LogP contribution is 2.40. The van der Waals surface area contributed by atoms with Crippen LogP contribution in [0.1, 0.15) is 126 Å². The molecule has 0 spiro atoms. The Kier molecular flexibility index (Phi) is 18.4. The number of hydrogen-bond acceptors (Lipinski definition) is 5. The van der Waals surface area contributed by atoms with Crippen molar-refractivity contribution in [2.24, 2.45) is 0 Å². The van der Waals surface area contributed by atoms with Crippen LogP contribution in [0.3, 0.4) is 0 Å². The minimum absolute atomic E-state index is 0.298. The molecule has 0 saturated heterocycles. The molecule has 4 aromatic rings. The Morgan fingerprint density at radius 3 is 1.42 bits per heavy atom. The van der Waals surface area contributed by atoms with Crippen molar-refractivity contribution < 1.29 is 14.2 Å². The van der Waals surface area contributed by atoms with Gasteiger partial charge in [0.05, 0.1) is 13.2 Å². The molecule has 5 heteroatoms. The fourth-order valence-corrected chi connectivity index (χ4v) is 7.03. The molecule has 1 unspecified atom stereocenters. The molecule has 48 heavy (non-hydrogen) atoms. The number of unbranched alkanes of at least 4 members (excludes halogenated alkanes) is 15. The second-order valence-corrected chi connectivity index (χ2v) is 13.9. The van der Waals surface area contributed by atoms with Crippen LogP contribution in [0.5, 0.6) is 5.19 Å². The molecule has 0 saturated carbocycles. The Hall–Kier alpha value is -2.99. The van der Waals surface area contributed by atoms with E-state index in [1.807, 2.05) is 23.6 Å². The molecule has 1 heterocycles. The minimum Gasteiger partial charge on any atom is -0.462 e. The average Bonchev–Trinajstić information content (AvgIpc) is 3.66. The predicted octanol–water partition coefficient (Wildman–Crippen LogP) is 12.2. The smallest absolute Gasteiger partial charge is 0.273 e. The van der Waals surface area contributed by atoms with Crippen LogP contribution in [0.25, 0.3) is 0 Å². The van der Waals surface area contributed by atoms with E-state index in [1.54, 1.807) is 6.20 Å². The monoisotopic (exact) mass is 669 g/mol. The number of ether oxygens (including phenoxy) is 3. The molecule has 3 aromatic carbocycles. The number of rotatable bonds is 27. The highest BCUT2D eigenvalue weighted by molar-refractivity contribution is 7.11. The third-order valence-electron chi connectivity index (χ3n) is 9.15. The summed E-state index contributed by atoms with van der Waals surface area (Å²) >= 11 is 1.50. The van der Waals surface area contributed by atoms with Gasteiger partial charge in [-0.25, -0.2) is 4.98 Å². The summed E-state index contributed by atoms with van der Waals surface area (Å²) in [6.07, 6.45) is 23.3. The van der Waals surface area contributed by atoms with Crippen molar-refractivity contribution >= 4 is 11.3 Å². The lowest BCUT2D eigenvalue weighted by molar-refractivity contribution is -0.0553. The Labute approximate surface area is 295 Å².